The lowest BCUT2D eigenvalue weighted by Gasteiger charge is -2.18. The molecule has 2 N–H and O–H groups in total. The summed E-state index contributed by atoms with van der Waals surface area (Å²) in [4.78, 5) is 12.8. The van der Waals surface area contributed by atoms with Gasteiger partial charge in [0.1, 0.15) is 16.4 Å². The molecule has 0 saturated heterocycles. The molecule has 106 valence electrons. The number of benzene rings is 1. The fourth-order valence-corrected chi connectivity index (χ4v) is 2.79. The van der Waals surface area contributed by atoms with Gasteiger partial charge < -0.3 is 15.2 Å². The topological polar surface area (TPSA) is 58.6 Å². The number of hydrogen-bond donors (Lipinski definition) is 2. The summed E-state index contributed by atoms with van der Waals surface area (Å²) in [5.41, 5.74) is 0.721. The predicted octanol–water partition coefficient (Wildman–Crippen LogP) is 3.34. The van der Waals surface area contributed by atoms with Crippen LogP contribution in [0, 0.1) is 0 Å². The number of thiophene rings is 1. The smallest absolute Gasteiger partial charge is 0.265 e. The molecule has 1 aromatic carbocycles. The minimum atomic E-state index is -0.226. The van der Waals surface area contributed by atoms with Gasteiger partial charge in [-0.25, -0.2) is 0 Å². The lowest BCUT2D eigenvalue weighted by atomic mass is 10.0. The second-order valence-corrected chi connectivity index (χ2v) is 5.23. The Kier molecular flexibility index (Phi) is 4.63. The minimum absolute atomic E-state index is 0.188. The third-order valence-electron chi connectivity index (χ3n) is 3.08. The maximum atomic E-state index is 12.3. The molecule has 1 amide bonds. The second-order valence-electron chi connectivity index (χ2n) is 4.31. The van der Waals surface area contributed by atoms with E-state index in [2.05, 4.69) is 5.32 Å². The van der Waals surface area contributed by atoms with E-state index in [-0.39, 0.29) is 17.7 Å². The summed E-state index contributed by atoms with van der Waals surface area (Å²) < 4.78 is 5.15. The highest BCUT2D eigenvalue weighted by Gasteiger charge is 2.20. The van der Waals surface area contributed by atoms with Crippen LogP contribution in [-0.4, -0.2) is 18.1 Å². The van der Waals surface area contributed by atoms with Crippen molar-refractivity contribution in [3.8, 4) is 11.5 Å². The zero-order valence-corrected chi connectivity index (χ0v) is 12.2. The number of rotatable bonds is 5. The average molecular weight is 291 g/mol. The van der Waals surface area contributed by atoms with Crippen LogP contribution in [-0.2, 0) is 0 Å². The van der Waals surface area contributed by atoms with Gasteiger partial charge in [-0.3, -0.25) is 4.79 Å². The van der Waals surface area contributed by atoms with Crippen molar-refractivity contribution < 1.29 is 14.6 Å². The lowest BCUT2D eigenvalue weighted by Crippen LogP contribution is -2.27. The van der Waals surface area contributed by atoms with E-state index in [0.717, 1.165) is 5.56 Å². The van der Waals surface area contributed by atoms with Crippen molar-refractivity contribution in [3.05, 3.63) is 46.2 Å². The van der Waals surface area contributed by atoms with Gasteiger partial charge in [-0.2, -0.15) is 0 Å². The minimum Gasteiger partial charge on any atom is -0.508 e. The Bertz CT molecular complexity index is 594. The molecule has 1 aromatic heterocycles. The Morgan fingerprint density at radius 2 is 2.15 bits per heavy atom. The van der Waals surface area contributed by atoms with Gasteiger partial charge in [0.2, 0.25) is 0 Å². The number of carbonyl (C=O) groups excluding carboxylic acids is 1. The summed E-state index contributed by atoms with van der Waals surface area (Å²) in [7, 11) is 1.54. The first-order chi connectivity index (χ1) is 9.67. The van der Waals surface area contributed by atoms with Crippen LogP contribution in [0.1, 0.15) is 34.6 Å². The van der Waals surface area contributed by atoms with E-state index in [1.165, 1.54) is 11.3 Å². The SMILES string of the molecule is CC[C@@H](NC(=O)c1sccc1OC)c1ccccc1O. The summed E-state index contributed by atoms with van der Waals surface area (Å²) in [6, 6.07) is 8.58. The first kappa shape index (κ1) is 14.4. The third kappa shape index (κ3) is 2.93. The molecule has 1 atom stereocenters. The molecule has 2 rings (SSSR count). The highest BCUT2D eigenvalue weighted by molar-refractivity contribution is 7.12. The molecule has 2 aromatic rings. The van der Waals surface area contributed by atoms with E-state index in [1.54, 1.807) is 25.3 Å². The van der Waals surface area contributed by atoms with Gasteiger partial charge in [0.15, 0.2) is 0 Å². The van der Waals surface area contributed by atoms with Crippen molar-refractivity contribution in [1.82, 2.24) is 5.32 Å². The first-order valence-electron chi connectivity index (χ1n) is 6.37. The van der Waals surface area contributed by atoms with Gasteiger partial charge >= 0.3 is 0 Å². The van der Waals surface area contributed by atoms with Crippen molar-refractivity contribution in [1.29, 1.82) is 0 Å². The molecule has 0 aliphatic heterocycles. The van der Waals surface area contributed by atoms with Crippen LogP contribution in [0.2, 0.25) is 0 Å². The zero-order chi connectivity index (χ0) is 14.5. The number of methoxy groups -OCH3 is 1. The highest BCUT2D eigenvalue weighted by Crippen LogP contribution is 2.28. The Morgan fingerprint density at radius 3 is 2.80 bits per heavy atom. The largest absolute Gasteiger partial charge is 0.508 e. The number of para-hydroxylation sites is 1. The number of amides is 1. The molecule has 0 unspecified atom stereocenters. The molecule has 5 heteroatoms. The van der Waals surface area contributed by atoms with Crippen LogP contribution < -0.4 is 10.1 Å². The second kappa shape index (κ2) is 6.43. The Hall–Kier alpha value is -2.01. The number of aromatic hydroxyl groups is 1. The molecule has 0 bridgehead atoms. The van der Waals surface area contributed by atoms with Gasteiger partial charge in [-0.15, -0.1) is 11.3 Å². The molecule has 0 aliphatic carbocycles. The Morgan fingerprint density at radius 1 is 1.40 bits per heavy atom. The number of phenols is 1. The van der Waals surface area contributed by atoms with Crippen LogP contribution in [0.3, 0.4) is 0 Å². The monoisotopic (exact) mass is 291 g/mol. The molecular weight excluding hydrogens is 274 g/mol. The van der Waals surface area contributed by atoms with Crippen molar-refractivity contribution in [2.24, 2.45) is 0 Å². The summed E-state index contributed by atoms with van der Waals surface area (Å²) in [5, 5.41) is 14.6. The molecule has 0 fully saturated rings. The van der Waals surface area contributed by atoms with Crippen molar-refractivity contribution >= 4 is 17.2 Å². The van der Waals surface area contributed by atoms with Gasteiger partial charge in [0.25, 0.3) is 5.91 Å². The van der Waals surface area contributed by atoms with E-state index in [4.69, 9.17) is 4.74 Å². The number of nitrogens with one attached hydrogen (secondary N) is 1. The molecule has 1 heterocycles. The summed E-state index contributed by atoms with van der Waals surface area (Å²) in [6.07, 6.45) is 0.691. The fourth-order valence-electron chi connectivity index (χ4n) is 2.03. The van der Waals surface area contributed by atoms with E-state index >= 15 is 0 Å². The predicted molar refractivity (Wildman–Crippen MR) is 79.5 cm³/mol. The normalized spacial score (nSPS) is 11.9. The Labute approximate surface area is 122 Å². The van der Waals surface area contributed by atoms with Gasteiger partial charge in [0.05, 0.1) is 13.2 Å². The summed E-state index contributed by atoms with van der Waals surface area (Å²) >= 11 is 1.33. The fraction of sp³-hybridized carbons (Fsp3) is 0.267. The maximum Gasteiger partial charge on any atom is 0.265 e. The molecule has 0 saturated carbocycles. The standard InChI is InChI=1S/C15H17NO3S/c1-3-11(10-6-4-5-7-12(10)17)16-15(18)14-13(19-2)8-9-20-14/h4-9,11,17H,3H2,1-2H3,(H,16,18)/t11-/m1/s1. The number of phenolic OH excluding ortho intramolecular Hbond substituents is 1. The quantitative estimate of drug-likeness (QED) is 0.888. The molecule has 0 radical (unpaired) electrons. The Balaban J connectivity index is 2.19. The van der Waals surface area contributed by atoms with Crippen LogP contribution in [0.15, 0.2) is 35.7 Å². The zero-order valence-electron chi connectivity index (χ0n) is 11.4. The van der Waals surface area contributed by atoms with Crippen molar-refractivity contribution in [2.75, 3.05) is 7.11 Å². The van der Waals surface area contributed by atoms with Crippen LogP contribution in [0.5, 0.6) is 11.5 Å². The highest BCUT2D eigenvalue weighted by atomic mass is 32.1. The van der Waals surface area contributed by atoms with Gasteiger partial charge in [0, 0.05) is 5.56 Å². The van der Waals surface area contributed by atoms with E-state index in [9.17, 15) is 9.90 Å². The molecule has 0 spiro atoms. The van der Waals surface area contributed by atoms with Crippen molar-refractivity contribution in [2.45, 2.75) is 19.4 Å². The molecular formula is C15H17NO3S. The first-order valence-corrected chi connectivity index (χ1v) is 7.25. The number of ether oxygens (including phenoxy) is 1. The third-order valence-corrected chi connectivity index (χ3v) is 3.98. The summed E-state index contributed by atoms with van der Waals surface area (Å²) in [6.45, 7) is 1.96. The lowest BCUT2D eigenvalue weighted by molar-refractivity contribution is 0.0936. The molecule has 4 nitrogen and oxygen atoms in total. The molecule has 20 heavy (non-hydrogen) atoms. The summed E-state index contributed by atoms with van der Waals surface area (Å²) in [5.74, 6) is 0.574. The number of carbonyl (C=O) groups is 1. The van der Waals surface area contributed by atoms with Crippen LogP contribution >= 0.6 is 11.3 Å². The van der Waals surface area contributed by atoms with Crippen LogP contribution in [0.25, 0.3) is 0 Å². The van der Waals surface area contributed by atoms with E-state index in [1.807, 2.05) is 24.4 Å². The van der Waals surface area contributed by atoms with Gasteiger partial charge in [-0.05, 0) is 23.9 Å². The van der Waals surface area contributed by atoms with Crippen molar-refractivity contribution in [3.63, 3.8) is 0 Å². The molecule has 0 aliphatic rings. The number of hydrogen-bond acceptors (Lipinski definition) is 4. The van der Waals surface area contributed by atoms with Gasteiger partial charge in [-0.1, -0.05) is 25.1 Å². The van der Waals surface area contributed by atoms with Crippen LogP contribution in [0.4, 0.5) is 0 Å². The van der Waals surface area contributed by atoms with E-state index < -0.39 is 0 Å². The average Bonchev–Trinajstić information content (AvgIpc) is 2.94. The maximum absolute atomic E-state index is 12.3. The van der Waals surface area contributed by atoms with E-state index in [0.29, 0.717) is 17.0 Å².